The van der Waals surface area contributed by atoms with Crippen LogP contribution in [0.3, 0.4) is 0 Å². The summed E-state index contributed by atoms with van der Waals surface area (Å²) in [5.74, 6) is -1.24. The van der Waals surface area contributed by atoms with E-state index >= 15 is 0 Å². The first-order valence-corrected chi connectivity index (χ1v) is 11.4. The van der Waals surface area contributed by atoms with Crippen molar-refractivity contribution in [3.63, 3.8) is 0 Å². The predicted octanol–water partition coefficient (Wildman–Crippen LogP) is 2.85. The molecule has 0 radical (unpaired) electrons. The molecule has 0 aliphatic carbocycles. The normalized spacial score (nSPS) is 18.3. The summed E-state index contributed by atoms with van der Waals surface area (Å²) in [6.45, 7) is 0.612. The highest BCUT2D eigenvalue weighted by molar-refractivity contribution is 7.89. The highest BCUT2D eigenvalue weighted by atomic mass is 35.5. The molecule has 2 aromatic rings. The van der Waals surface area contributed by atoms with E-state index in [1.165, 1.54) is 4.90 Å². The number of halogens is 4. The maximum atomic E-state index is 13.1. The molecule has 7 nitrogen and oxygen atoms in total. The summed E-state index contributed by atoms with van der Waals surface area (Å²) < 4.78 is 66.2. The monoisotopic (exact) mass is 487 g/mol. The second-order valence-electron chi connectivity index (χ2n) is 7.38. The molecule has 2 aromatic carbocycles. The topological polar surface area (TPSA) is 78.0 Å². The molecule has 0 saturated carbocycles. The molecule has 2 aliphatic rings. The zero-order valence-corrected chi connectivity index (χ0v) is 18.0. The molecular weight excluding hydrogens is 471 g/mol. The molecule has 32 heavy (non-hydrogen) atoms. The number of nitrogens with zero attached hydrogens (tertiary/aromatic N) is 3. The van der Waals surface area contributed by atoms with Crippen molar-refractivity contribution in [2.24, 2.45) is 0 Å². The first-order chi connectivity index (χ1) is 15.0. The van der Waals surface area contributed by atoms with Crippen LogP contribution < -0.4 is 4.90 Å². The van der Waals surface area contributed by atoms with Crippen LogP contribution in [0, 0.1) is 0 Å². The first-order valence-electron chi connectivity index (χ1n) is 9.54. The van der Waals surface area contributed by atoms with Gasteiger partial charge in [0.2, 0.25) is 10.0 Å². The maximum absolute atomic E-state index is 13.1. The Hall–Kier alpha value is -2.47. The molecule has 0 spiro atoms. The number of ketones is 1. The molecule has 2 aliphatic heterocycles. The molecule has 1 fully saturated rings. The molecule has 0 bridgehead atoms. The standard InChI is InChI=1S/C20H17ClF3N3O4S/c21-16-6-5-13(11-15(16)20(22,23)24)32(30,31)26-9-7-25(8-10-26)12-27-17-4-2-1-3-14(17)18(28)19(27)29/h1-6,11H,7-10,12H2. The highest BCUT2D eigenvalue weighted by Gasteiger charge is 2.38. The molecule has 170 valence electrons. The van der Waals surface area contributed by atoms with Crippen molar-refractivity contribution in [3.05, 3.63) is 58.6 Å². The number of Topliss-reactive ketones (excluding diaryl/α,β-unsaturated/α-hetero) is 1. The van der Waals surface area contributed by atoms with Crippen molar-refractivity contribution >= 4 is 39.0 Å². The third-order valence-corrected chi connectivity index (χ3v) is 7.66. The van der Waals surface area contributed by atoms with Crippen molar-refractivity contribution < 1.29 is 31.2 Å². The Morgan fingerprint density at radius 3 is 2.28 bits per heavy atom. The quantitative estimate of drug-likeness (QED) is 0.620. The lowest BCUT2D eigenvalue weighted by Crippen LogP contribution is -2.52. The minimum atomic E-state index is -4.78. The number of alkyl halides is 3. The molecule has 0 atom stereocenters. The first kappa shape index (κ1) is 22.7. The van der Waals surface area contributed by atoms with Crippen LogP contribution in [0.2, 0.25) is 5.02 Å². The van der Waals surface area contributed by atoms with E-state index < -0.39 is 43.4 Å². The van der Waals surface area contributed by atoms with E-state index in [9.17, 15) is 31.2 Å². The predicted molar refractivity (Wildman–Crippen MR) is 110 cm³/mol. The van der Waals surface area contributed by atoms with Crippen LogP contribution in [0.1, 0.15) is 15.9 Å². The van der Waals surface area contributed by atoms with Crippen LogP contribution in [0.25, 0.3) is 0 Å². The molecule has 0 aromatic heterocycles. The fourth-order valence-electron chi connectivity index (χ4n) is 3.73. The molecule has 1 saturated heterocycles. The summed E-state index contributed by atoms with van der Waals surface area (Å²) in [6, 6.07) is 9.11. The van der Waals surface area contributed by atoms with Crippen molar-refractivity contribution in [1.82, 2.24) is 9.21 Å². The van der Waals surface area contributed by atoms with Gasteiger partial charge in [0.05, 0.1) is 33.4 Å². The van der Waals surface area contributed by atoms with Crippen LogP contribution in [0.4, 0.5) is 18.9 Å². The van der Waals surface area contributed by atoms with Crippen molar-refractivity contribution in [1.29, 1.82) is 0 Å². The number of hydrogen-bond donors (Lipinski definition) is 0. The van der Waals surface area contributed by atoms with Crippen molar-refractivity contribution in [2.45, 2.75) is 11.1 Å². The highest BCUT2D eigenvalue weighted by Crippen LogP contribution is 2.36. The number of benzene rings is 2. The number of hydrogen-bond acceptors (Lipinski definition) is 5. The van der Waals surface area contributed by atoms with E-state index in [0.717, 1.165) is 16.4 Å². The summed E-state index contributed by atoms with van der Waals surface area (Å²) in [4.78, 5) is 27.1. The Bertz CT molecular complexity index is 1190. The largest absolute Gasteiger partial charge is 0.417 e. The summed E-state index contributed by atoms with van der Waals surface area (Å²) >= 11 is 5.58. The van der Waals surface area contributed by atoms with E-state index in [1.807, 2.05) is 4.90 Å². The van der Waals surface area contributed by atoms with E-state index in [0.29, 0.717) is 17.3 Å². The van der Waals surface area contributed by atoms with E-state index in [4.69, 9.17) is 11.6 Å². The number of rotatable bonds is 4. The van der Waals surface area contributed by atoms with Gasteiger partial charge >= 0.3 is 12.1 Å². The fraction of sp³-hybridized carbons (Fsp3) is 0.300. The van der Waals surface area contributed by atoms with Gasteiger partial charge in [-0.1, -0.05) is 23.7 Å². The van der Waals surface area contributed by atoms with E-state index in [1.54, 1.807) is 24.3 Å². The Morgan fingerprint density at radius 1 is 0.969 bits per heavy atom. The minimum absolute atomic E-state index is 0.0178. The SMILES string of the molecule is O=C1C(=O)N(CN2CCN(S(=O)(=O)c3ccc(Cl)c(C(F)(F)F)c3)CC2)c2ccccc21. The van der Waals surface area contributed by atoms with Crippen LogP contribution in [0.15, 0.2) is 47.4 Å². The average molecular weight is 488 g/mol. The summed E-state index contributed by atoms with van der Waals surface area (Å²) in [5.41, 5.74) is -0.393. The van der Waals surface area contributed by atoms with Gasteiger partial charge in [0.25, 0.3) is 5.78 Å². The third-order valence-electron chi connectivity index (χ3n) is 5.43. The van der Waals surface area contributed by atoms with Crippen LogP contribution in [0.5, 0.6) is 0 Å². The van der Waals surface area contributed by atoms with Gasteiger partial charge in [-0.05, 0) is 30.3 Å². The number of para-hydroxylation sites is 1. The van der Waals surface area contributed by atoms with Crippen molar-refractivity contribution in [2.75, 3.05) is 37.7 Å². The lowest BCUT2D eigenvalue weighted by molar-refractivity contribution is -0.137. The third kappa shape index (κ3) is 4.01. The molecule has 4 rings (SSSR count). The molecule has 1 amide bonds. The van der Waals surface area contributed by atoms with Gasteiger partial charge in [0.15, 0.2) is 0 Å². The van der Waals surface area contributed by atoms with Gasteiger partial charge in [-0.25, -0.2) is 8.42 Å². The average Bonchev–Trinajstić information content (AvgIpc) is 2.98. The van der Waals surface area contributed by atoms with Gasteiger partial charge in [0.1, 0.15) is 0 Å². The van der Waals surface area contributed by atoms with Gasteiger partial charge in [-0.3, -0.25) is 19.4 Å². The zero-order chi connectivity index (χ0) is 23.3. The van der Waals surface area contributed by atoms with Crippen LogP contribution in [-0.4, -0.2) is 62.2 Å². The molecule has 0 N–H and O–H groups in total. The zero-order valence-electron chi connectivity index (χ0n) is 16.5. The number of piperazine rings is 1. The minimum Gasteiger partial charge on any atom is -0.291 e. The Morgan fingerprint density at radius 2 is 1.62 bits per heavy atom. The van der Waals surface area contributed by atoms with Crippen LogP contribution >= 0.6 is 11.6 Å². The second-order valence-corrected chi connectivity index (χ2v) is 9.73. The number of amides is 1. The van der Waals surface area contributed by atoms with Gasteiger partial charge in [0, 0.05) is 26.2 Å². The van der Waals surface area contributed by atoms with Gasteiger partial charge < -0.3 is 0 Å². The summed E-state index contributed by atoms with van der Waals surface area (Å²) in [7, 11) is -4.17. The Kier molecular flexibility index (Phi) is 5.78. The number of carbonyl (C=O) groups excluding carboxylic acids is 2. The smallest absolute Gasteiger partial charge is 0.291 e. The second kappa shape index (κ2) is 8.14. The number of anilines is 1. The lowest BCUT2D eigenvalue weighted by Gasteiger charge is -2.35. The number of carbonyl (C=O) groups is 2. The van der Waals surface area contributed by atoms with Gasteiger partial charge in [-0.15, -0.1) is 0 Å². The van der Waals surface area contributed by atoms with Crippen molar-refractivity contribution in [3.8, 4) is 0 Å². The molecule has 2 heterocycles. The lowest BCUT2D eigenvalue weighted by atomic mass is 10.1. The fourth-order valence-corrected chi connectivity index (χ4v) is 5.40. The molecule has 0 unspecified atom stereocenters. The van der Waals surface area contributed by atoms with Crippen LogP contribution in [-0.2, 0) is 21.0 Å². The molecular formula is C20H17ClF3N3O4S. The molecule has 12 heteroatoms. The Labute approximate surface area is 187 Å². The summed E-state index contributed by atoms with van der Waals surface area (Å²) in [6.07, 6.45) is -4.78. The van der Waals surface area contributed by atoms with Gasteiger partial charge in [-0.2, -0.15) is 17.5 Å². The number of sulfonamides is 1. The Balaban J connectivity index is 1.46. The van der Waals surface area contributed by atoms with E-state index in [-0.39, 0.29) is 32.8 Å². The summed E-state index contributed by atoms with van der Waals surface area (Å²) in [5, 5.41) is -0.577. The van der Waals surface area contributed by atoms with E-state index in [2.05, 4.69) is 0 Å². The maximum Gasteiger partial charge on any atom is 0.417 e. The number of fused-ring (bicyclic) bond motifs is 1.